The predicted molar refractivity (Wildman–Crippen MR) is 88.2 cm³/mol. The first-order valence-corrected chi connectivity index (χ1v) is 8.13. The molecule has 0 saturated carbocycles. The standard InChI is InChI=1S/C17H23N5O/c1-12-3-5-14(6-4-12)13(2)19-17(23)16-11-22(21-20-16)15-7-9-18-10-8-15/h3-6,11,13,15,18H,7-10H2,1-2H3,(H,19,23). The van der Waals surface area contributed by atoms with Gasteiger partial charge in [0.05, 0.1) is 18.3 Å². The van der Waals surface area contributed by atoms with Gasteiger partial charge in [0, 0.05) is 0 Å². The van der Waals surface area contributed by atoms with E-state index in [1.54, 1.807) is 6.20 Å². The maximum Gasteiger partial charge on any atom is 0.273 e. The van der Waals surface area contributed by atoms with Crippen LogP contribution < -0.4 is 10.6 Å². The fourth-order valence-electron chi connectivity index (χ4n) is 2.84. The van der Waals surface area contributed by atoms with Crippen molar-refractivity contribution in [3.63, 3.8) is 0 Å². The van der Waals surface area contributed by atoms with Gasteiger partial charge in [-0.1, -0.05) is 35.0 Å². The smallest absolute Gasteiger partial charge is 0.273 e. The molecule has 2 aromatic rings. The van der Waals surface area contributed by atoms with E-state index in [1.165, 1.54) is 5.56 Å². The number of carbonyl (C=O) groups excluding carboxylic acids is 1. The SMILES string of the molecule is Cc1ccc(C(C)NC(=O)c2cn(C3CCNCC3)nn2)cc1. The number of hydrogen-bond acceptors (Lipinski definition) is 4. The number of carbonyl (C=O) groups is 1. The first-order valence-electron chi connectivity index (χ1n) is 8.13. The van der Waals surface area contributed by atoms with Gasteiger partial charge in [0.2, 0.25) is 0 Å². The van der Waals surface area contributed by atoms with Crippen molar-refractivity contribution >= 4 is 5.91 Å². The van der Waals surface area contributed by atoms with Gasteiger partial charge in [-0.25, -0.2) is 4.68 Å². The van der Waals surface area contributed by atoms with Crippen molar-refractivity contribution in [1.29, 1.82) is 0 Å². The summed E-state index contributed by atoms with van der Waals surface area (Å²) in [6.45, 7) is 5.99. The van der Waals surface area contributed by atoms with E-state index in [2.05, 4.69) is 20.9 Å². The van der Waals surface area contributed by atoms with Gasteiger partial charge in [0.25, 0.3) is 5.91 Å². The van der Waals surface area contributed by atoms with Crippen molar-refractivity contribution in [2.75, 3.05) is 13.1 Å². The van der Waals surface area contributed by atoms with Crippen molar-refractivity contribution in [1.82, 2.24) is 25.6 Å². The van der Waals surface area contributed by atoms with Gasteiger partial charge in [0.1, 0.15) is 0 Å². The van der Waals surface area contributed by atoms with Crippen molar-refractivity contribution in [3.05, 3.63) is 47.3 Å². The van der Waals surface area contributed by atoms with Gasteiger partial charge >= 0.3 is 0 Å². The summed E-state index contributed by atoms with van der Waals surface area (Å²) in [6.07, 6.45) is 3.79. The third-order valence-electron chi connectivity index (χ3n) is 4.35. The lowest BCUT2D eigenvalue weighted by atomic mass is 10.1. The summed E-state index contributed by atoms with van der Waals surface area (Å²) < 4.78 is 1.83. The summed E-state index contributed by atoms with van der Waals surface area (Å²) in [6, 6.07) is 8.43. The highest BCUT2D eigenvalue weighted by molar-refractivity contribution is 5.92. The first-order chi connectivity index (χ1) is 11.1. The number of benzene rings is 1. The highest BCUT2D eigenvalue weighted by atomic mass is 16.2. The van der Waals surface area contributed by atoms with Crippen LogP contribution in [0.5, 0.6) is 0 Å². The van der Waals surface area contributed by atoms with Gasteiger partial charge in [0.15, 0.2) is 5.69 Å². The molecular formula is C17H23N5O. The summed E-state index contributed by atoms with van der Waals surface area (Å²) in [4.78, 5) is 12.4. The molecule has 0 bridgehead atoms. The summed E-state index contributed by atoms with van der Waals surface area (Å²) in [7, 11) is 0. The minimum Gasteiger partial charge on any atom is -0.344 e. The van der Waals surface area contributed by atoms with E-state index in [9.17, 15) is 4.79 Å². The summed E-state index contributed by atoms with van der Waals surface area (Å²) in [5, 5.41) is 14.5. The van der Waals surface area contributed by atoms with Gasteiger partial charge in [-0.3, -0.25) is 4.79 Å². The Kier molecular flexibility index (Phi) is 4.71. The van der Waals surface area contributed by atoms with Crippen LogP contribution in [0.25, 0.3) is 0 Å². The maximum atomic E-state index is 12.4. The Bertz CT molecular complexity index is 658. The number of rotatable bonds is 4. The summed E-state index contributed by atoms with van der Waals surface area (Å²) in [5.41, 5.74) is 2.66. The second kappa shape index (κ2) is 6.91. The number of aryl methyl sites for hydroxylation is 1. The van der Waals surface area contributed by atoms with Crippen molar-refractivity contribution < 1.29 is 4.79 Å². The van der Waals surface area contributed by atoms with Crippen LogP contribution >= 0.6 is 0 Å². The summed E-state index contributed by atoms with van der Waals surface area (Å²) in [5.74, 6) is -0.182. The van der Waals surface area contributed by atoms with E-state index in [0.717, 1.165) is 31.5 Å². The Hall–Kier alpha value is -2.21. The maximum absolute atomic E-state index is 12.4. The molecule has 0 spiro atoms. The molecule has 6 nitrogen and oxygen atoms in total. The molecule has 0 radical (unpaired) electrons. The molecule has 122 valence electrons. The molecule has 0 aliphatic carbocycles. The Balaban J connectivity index is 1.63. The van der Waals surface area contributed by atoms with Crippen LogP contribution in [0.15, 0.2) is 30.5 Å². The van der Waals surface area contributed by atoms with Crippen molar-refractivity contribution in [3.8, 4) is 0 Å². The highest BCUT2D eigenvalue weighted by Crippen LogP contribution is 2.18. The molecule has 2 N–H and O–H groups in total. The molecule has 1 aliphatic rings. The predicted octanol–water partition coefficient (Wildman–Crippen LogP) is 2.00. The number of amides is 1. The van der Waals surface area contributed by atoms with E-state index in [0.29, 0.717) is 11.7 Å². The van der Waals surface area contributed by atoms with Gasteiger partial charge in [-0.15, -0.1) is 5.10 Å². The van der Waals surface area contributed by atoms with E-state index in [1.807, 2.05) is 42.8 Å². The number of hydrogen-bond donors (Lipinski definition) is 2. The lowest BCUT2D eigenvalue weighted by molar-refractivity contribution is 0.0934. The lowest BCUT2D eigenvalue weighted by Crippen LogP contribution is -2.29. The molecule has 6 heteroatoms. The largest absolute Gasteiger partial charge is 0.344 e. The van der Waals surface area contributed by atoms with Crippen LogP contribution in [0.4, 0.5) is 0 Å². The van der Waals surface area contributed by atoms with Gasteiger partial charge in [-0.2, -0.15) is 0 Å². The van der Waals surface area contributed by atoms with Gasteiger partial charge in [-0.05, 0) is 45.3 Å². The van der Waals surface area contributed by atoms with Crippen LogP contribution in [-0.4, -0.2) is 34.0 Å². The van der Waals surface area contributed by atoms with Crippen molar-refractivity contribution in [2.24, 2.45) is 0 Å². The quantitative estimate of drug-likeness (QED) is 0.905. The zero-order valence-corrected chi connectivity index (χ0v) is 13.6. The Morgan fingerprint density at radius 3 is 2.70 bits per heavy atom. The normalized spacial score (nSPS) is 17.0. The molecule has 23 heavy (non-hydrogen) atoms. The van der Waals surface area contributed by atoms with E-state index in [4.69, 9.17) is 0 Å². The second-order valence-electron chi connectivity index (χ2n) is 6.17. The topological polar surface area (TPSA) is 71.8 Å². The van der Waals surface area contributed by atoms with Crippen LogP contribution in [0.3, 0.4) is 0 Å². The van der Waals surface area contributed by atoms with Crippen molar-refractivity contribution in [2.45, 2.75) is 38.8 Å². The molecular weight excluding hydrogens is 290 g/mol. The molecule has 2 heterocycles. The number of nitrogens with zero attached hydrogens (tertiary/aromatic N) is 3. The Morgan fingerprint density at radius 2 is 2.00 bits per heavy atom. The van der Waals surface area contributed by atoms with Crippen LogP contribution in [0.1, 0.15) is 53.5 Å². The molecule has 1 aliphatic heterocycles. The van der Waals surface area contributed by atoms with Crippen LogP contribution in [0.2, 0.25) is 0 Å². The first kappa shape index (κ1) is 15.7. The monoisotopic (exact) mass is 313 g/mol. The second-order valence-corrected chi connectivity index (χ2v) is 6.17. The number of aromatic nitrogens is 3. The zero-order valence-electron chi connectivity index (χ0n) is 13.6. The molecule has 1 saturated heterocycles. The average Bonchev–Trinajstić information content (AvgIpc) is 3.06. The minimum atomic E-state index is -0.182. The minimum absolute atomic E-state index is 0.0628. The fraction of sp³-hybridized carbons (Fsp3) is 0.471. The van der Waals surface area contributed by atoms with E-state index >= 15 is 0 Å². The molecule has 3 rings (SSSR count). The third kappa shape index (κ3) is 3.76. The molecule has 1 amide bonds. The number of nitrogens with one attached hydrogen (secondary N) is 2. The highest BCUT2D eigenvalue weighted by Gasteiger charge is 2.19. The lowest BCUT2D eigenvalue weighted by Gasteiger charge is -2.22. The summed E-state index contributed by atoms with van der Waals surface area (Å²) >= 11 is 0. The van der Waals surface area contributed by atoms with Gasteiger partial charge < -0.3 is 10.6 Å². The molecule has 1 unspecified atom stereocenters. The number of piperidine rings is 1. The fourth-order valence-corrected chi connectivity index (χ4v) is 2.84. The Labute approximate surface area is 136 Å². The third-order valence-corrected chi connectivity index (χ3v) is 4.35. The average molecular weight is 313 g/mol. The molecule has 1 fully saturated rings. The van der Waals surface area contributed by atoms with E-state index < -0.39 is 0 Å². The molecule has 1 atom stereocenters. The zero-order chi connectivity index (χ0) is 16.2. The molecule has 1 aromatic carbocycles. The van der Waals surface area contributed by atoms with Crippen LogP contribution in [-0.2, 0) is 0 Å². The Morgan fingerprint density at radius 1 is 1.30 bits per heavy atom. The van der Waals surface area contributed by atoms with Crippen LogP contribution in [0, 0.1) is 6.92 Å². The molecule has 1 aromatic heterocycles. The van der Waals surface area contributed by atoms with E-state index in [-0.39, 0.29) is 11.9 Å².